The summed E-state index contributed by atoms with van der Waals surface area (Å²) >= 11 is 0. The molecule has 2 aromatic carbocycles. The lowest BCUT2D eigenvalue weighted by Gasteiger charge is -2.17. The van der Waals surface area contributed by atoms with Crippen LogP contribution in [0.2, 0.25) is 0 Å². The molecule has 2 aromatic rings. The molecule has 0 saturated heterocycles. The average molecular weight is 301 g/mol. The van der Waals surface area contributed by atoms with E-state index in [0.717, 1.165) is 0 Å². The molecular formula is C17H16FNO3. The van der Waals surface area contributed by atoms with Gasteiger partial charge in [-0.1, -0.05) is 36.4 Å². The molecule has 2 rings (SSSR count). The van der Waals surface area contributed by atoms with E-state index in [1.807, 2.05) is 0 Å². The SMILES string of the molecule is CC(=O)NC(Cc1ccccc1F)C(=O)Oc1ccccc1. The molecular weight excluding hydrogens is 285 g/mol. The number of nitrogens with one attached hydrogen (secondary N) is 1. The maximum absolute atomic E-state index is 13.7. The standard InChI is InChI=1S/C17H16FNO3/c1-12(20)19-16(11-13-7-5-6-10-15(13)18)17(21)22-14-8-3-2-4-9-14/h2-10,16H,11H2,1H3,(H,19,20). The van der Waals surface area contributed by atoms with Crippen LogP contribution in [0.15, 0.2) is 54.6 Å². The second-order valence-electron chi connectivity index (χ2n) is 4.78. The van der Waals surface area contributed by atoms with E-state index in [0.29, 0.717) is 11.3 Å². The third kappa shape index (κ3) is 4.41. The number of para-hydroxylation sites is 1. The molecule has 0 saturated carbocycles. The molecule has 0 aromatic heterocycles. The van der Waals surface area contributed by atoms with Gasteiger partial charge >= 0.3 is 5.97 Å². The number of amides is 1. The molecule has 114 valence electrons. The molecule has 0 spiro atoms. The lowest BCUT2D eigenvalue weighted by Crippen LogP contribution is -2.43. The molecule has 4 nitrogen and oxygen atoms in total. The van der Waals surface area contributed by atoms with Crippen molar-refractivity contribution in [1.29, 1.82) is 0 Å². The summed E-state index contributed by atoms with van der Waals surface area (Å²) in [7, 11) is 0. The van der Waals surface area contributed by atoms with Crippen molar-refractivity contribution in [1.82, 2.24) is 5.32 Å². The van der Waals surface area contributed by atoms with E-state index in [1.165, 1.54) is 13.0 Å². The van der Waals surface area contributed by atoms with E-state index in [1.54, 1.807) is 48.5 Å². The van der Waals surface area contributed by atoms with E-state index in [-0.39, 0.29) is 12.3 Å². The minimum absolute atomic E-state index is 0.0257. The summed E-state index contributed by atoms with van der Waals surface area (Å²) in [4.78, 5) is 23.5. The molecule has 22 heavy (non-hydrogen) atoms. The zero-order valence-electron chi connectivity index (χ0n) is 12.1. The molecule has 1 atom stereocenters. The lowest BCUT2D eigenvalue weighted by atomic mass is 10.1. The van der Waals surface area contributed by atoms with Crippen LogP contribution < -0.4 is 10.1 Å². The monoisotopic (exact) mass is 301 g/mol. The quantitative estimate of drug-likeness (QED) is 0.682. The fourth-order valence-corrected chi connectivity index (χ4v) is 2.00. The first-order valence-corrected chi connectivity index (χ1v) is 6.83. The van der Waals surface area contributed by atoms with E-state index in [9.17, 15) is 14.0 Å². The number of hydrogen-bond acceptors (Lipinski definition) is 3. The van der Waals surface area contributed by atoms with Crippen LogP contribution in [0.5, 0.6) is 5.75 Å². The fourth-order valence-electron chi connectivity index (χ4n) is 2.00. The van der Waals surface area contributed by atoms with Gasteiger partial charge in [-0.3, -0.25) is 4.79 Å². The predicted molar refractivity (Wildman–Crippen MR) is 79.8 cm³/mol. The molecule has 0 fully saturated rings. The highest BCUT2D eigenvalue weighted by atomic mass is 19.1. The van der Waals surface area contributed by atoms with Crippen LogP contribution in [0.3, 0.4) is 0 Å². The first kappa shape index (κ1) is 15.7. The van der Waals surface area contributed by atoms with Gasteiger partial charge in [-0.25, -0.2) is 9.18 Å². The highest BCUT2D eigenvalue weighted by Crippen LogP contribution is 2.13. The van der Waals surface area contributed by atoms with Crippen molar-refractivity contribution in [3.8, 4) is 5.75 Å². The summed E-state index contributed by atoms with van der Waals surface area (Å²) in [6.45, 7) is 1.30. The average Bonchev–Trinajstić information content (AvgIpc) is 2.49. The lowest BCUT2D eigenvalue weighted by molar-refractivity contribution is -0.139. The van der Waals surface area contributed by atoms with Crippen LogP contribution in [-0.4, -0.2) is 17.9 Å². The Labute approximate surface area is 127 Å². The Hall–Kier alpha value is -2.69. The number of hydrogen-bond donors (Lipinski definition) is 1. The van der Waals surface area contributed by atoms with Crippen molar-refractivity contribution >= 4 is 11.9 Å². The molecule has 1 unspecified atom stereocenters. The van der Waals surface area contributed by atoms with Crippen LogP contribution in [-0.2, 0) is 16.0 Å². The number of halogens is 1. The van der Waals surface area contributed by atoms with Crippen molar-refractivity contribution in [2.45, 2.75) is 19.4 Å². The van der Waals surface area contributed by atoms with Crippen molar-refractivity contribution in [2.75, 3.05) is 0 Å². The van der Waals surface area contributed by atoms with Crippen LogP contribution in [0.4, 0.5) is 4.39 Å². The van der Waals surface area contributed by atoms with Gasteiger partial charge in [-0.2, -0.15) is 0 Å². The molecule has 1 N–H and O–H groups in total. The van der Waals surface area contributed by atoms with Gasteiger partial charge in [-0.05, 0) is 23.8 Å². The van der Waals surface area contributed by atoms with E-state index < -0.39 is 17.8 Å². The van der Waals surface area contributed by atoms with E-state index in [2.05, 4.69) is 5.32 Å². The molecule has 0 aliphatic carbocycles. The third-order valence-corrected chi connectivity index (χ3v) is 3.01. The number of benzene rings is 2. The maximum atomic E-state index is 13.7. The Bertz CT molecular complexity index is 658. The number of rotatable bonds is 5. The molecule has 0 aliphatic rings. The first-order valence-electron chi connectivity index (χ1n) is 6.83. The van der Waals surface area contributed by atoms with Crippen molar-refractivity contribution < 1.29 is 18.7 Å². The van der Waals surface area contributed by atoms with Crippen LogP contribution in [0.25, 0.3) is 0 Å². The summed E-state index contributed by atoms with van der Waals surface area (Å²) in [5.74, 6) is -1.07. The second-order valence-corrected chi connectivity index (χ2v) is 4.78. The van der Waals surface area contributed by atoms with Crippen molar-refractivity contribution in [3.63, 3.8) is 0 Å². The van der Waals surface area contributed by atoms with E-state index >= 15 is 0 Å². The van der Waals surface area contributed by atoms with Gasteiger partial charge in [-0.15, -0.1) is 0 Å². The maximum Gasteiger partial charge on any atom is 0.334 e. The summed E-state index contributed by atoms with van der Waals surface area (Å²) in [6, 6.07) is 13.7. The number of esters is 1. The Kier molecular flexibility index (Phi) is 5.25. The number of carbonyl (C=O) groups excluding carboxylic acids is 2. The van der Waals surface area contributed by atoms with Gasteiger partial charge in [0.05, 0.1) is 0 Å². The van der Waals surface area contributed by atoms with Crippen LogP contribution in [0.1, 0.15) is 12.5 Å². The minimum Gasteiger partial charge on any atom is -0.425 e. The van der Waals surface area contributed by atoms with E-state index in [4.69, 9.17) is 4.74 Å². The van der Waals surface area contributed by atoms with Gasteiger partial charge in [0, 0.05) is 13.3 Å². The Morgan fingerprint density at radius 2 is 1.73 bits per heavy atom. The molecule has 0 heterocycles. The summed E-state index contributed by atoms with van der Waals surface area (Å²) in [6.07, 6.45) is 0.0257. The Morgan fingerprint density at radius 3 is 2.36 bits per heavy atom. The molecule has 1 amide bonds. The summed E-state index contributed by atoms with van der Waals surface area (Å²) in [5, 5.41) is 2.50. The normalized spacial score (nSPS) is 11.5. The molecule has 0 aliphatic heterocycles. The zero-order chi connectivity index (χ0) is 15.9. The van der Waals surface area contributed by atoms with Crippen LogP contribution in [0, 0.1) is 5.82 Å². The smallest absolute Gasteiger partial charge is 0.334 e. The summed E-state index contributed by atoms with van der Waals surface area (Å²) < 4.78 is 18.9. The van der Waals surface area contributed by atoms with Gasteiger partial charge < -0.3 is 10.1 Å². The predicted octanol–water partition coefficient (Wildman–Crippen LogP) is 2.48. The van der Waals surface area contributed by atoms with Crippen LogP contribution >= 0.6 is 0 Å². The molecule has 5 heteroatoms. The highest BCUT2D eigenvalue weighted by molar-refractivity contribution is 5.84. The van der Waals surface area contributed by atoms with Crippen molar-refractivity contribution in [3.05, 3.63) is 66.0 Å². The van der Waals surface area contributed by atoms with Gasteiger partial charge in [0.2, 0.25) is 5.91 Å². The highest BCUT2D eigenvalue weighted by Gasteiger charge is 2.23. The van der Waals surface area contributed by atoms with Gasteiger partial charge in [0.15, 0.2) is 0 Å². The third-order valence-electron chi connectivity index (χ3n) is 3.01. The molecule has 0 radical (unpaired) electrons. The summed E-state index contributed by atoms with van der Waals surface area (Å²) in [5.41, 5.74) is 0.339. The van der Waals surface area contributed by atoms with Gasteiger partial charge in [0.25, 0.3) is 0 Å². The topological polar surface area (TPSA) is 55.4 Å². The minimum atomic E-state index is -0.949. The Morgan fingerprint density at radius 1 is 1.09 bits per heavy atom. The van der Waals surface area contributed by atoms with Crippen molar-refractivity contribution in [2.24, 2.45) is 0 Å². The first-order chi connectivity index (χ1) is 10.6. The second kappa shape index (κ2) is 7.36. The largest absolute Gasteiger partial charge is 0.425 e. The fraction of sp³-hybridized carbons (Fsp3) is 0.176. The van der Waals surface area contributed by atoms with Gasteiger partial charge in [0.1, 0.15) is 17.6 Å². The zero-order valence-corrected chi connectivity index (χ0v) is 12.1. The number of ether oxygens (including phenoxy) is 1. The molecule has 0 bridgehead atoms. The Balaban J connectivity index is 2.13. The number of carbonyl (C=O) groups is 2.